The van der Waals surface area contributed by atoms with Crippen molar-refractivity contribution in [3.8, 4) is 11.1 Å². The van der Waals surface area contributed by atoms with Gasteiger partial charge >= 0.3 is 5.97 Å². The van der Waals surface area contributed by atoms with Crippen LogP contribution < -0.4 is 5.32 Å². The number of para-hydroxylation sites is 1. The quantitative estimate of drug-likeness (QED) is 0.764. The average Bonchev–Trinajstić information content (AvgIpc) is 2.53. The Labute approximate surface area is 134 Å². The molecule has 120 valence electrons. The highest BCUT2D eigenvalue weighted by Crippen LogP contribution is 2.29. The number of hydrogen-bond acceptors (Lipinski definition) is 3. The first-order valence-corrected chi connectivity index (χ1v) is 7.34. The molecule has 0 aliphatic carbocycles. The van der Waals surface area contributed by atoms with Gasteiger partial charge in [0.05, 0.1) is 6.10 Å². The predicted octanol–water partition coefficient (Wildman–Crippen LogP) is 3.21. The molecule has 3 N–H and O–H groups in total. The van der Waals surface area contributed by atoms with Crippen molar-refractivity contribution in [2.24, 2.45) is 0 Å². The number of hydrogen-bond donors (Lipinski definition) is 3. The lowest BCUT2D eigenvalue weighted by molar-refractivity contribution is -0.137. The first-order valence-electron chi connectivity index (χ1n) is 7.34. The highest BCUT2D eigenvalue weighted by Gasteiger charge is 2.11. The number of carboxylic acid groups (broad SMARTS) is 1. The number of benzene rings is 2. The van der Waals surface area contributed by atoms with Crippen molar-refractivity contribution in [1.82, 2.24) is 0 Å². The summed E-state index contributed by atoms with van der Waals surface area (Å²) in [5, 5.41) is 21.4. The fourth-order valence-electron chi connectivity index (χ4n) is 2.35. The molecule has 0 aliphatic rings. The molecule has 2 aromatic carbocycles. The second kappa shape index (κ2) is 7.56. The van der Waals surface area contributed by atoms with Gasteiger partial charge in [0.2, 0.25) is 5.91 Å². The molecule has 1 amide bonds. The number of aliphatic carboxylic acids is 1. The monoisotopic (exact) mass is 313 g/mol. The Balaban J connectivity index is 2.20. The van der Waals surface area contributed by atoms with Crippen LogP contribution in [0.1, 0.15) is 31.4 Å². The van der Waals surface area contributed by atoms with E-state index in [0.717, 1.165) is 16.8 Å². The SMILES string of the molecule is CC(=O)Nc1ccccc1-c1ccc(C(O)CCC(=O)O)cc1. The van der Waals surface area contributed by atoms with Gasteiger partial charge in [-0.1, -0.05) is 42.5 Å². The largest absolute Gasteiger partial charge is 0.481 e. The number of carboxylic acids is 1. The minimum Gasteiger partial charge on any atom is -0.481 e. The number of carbonyl (C=O) groups excluding carboxylic acids is 1. The first-order chi connectivity index (χ1) is 11.0. The third-order valence-corrected chi connectivity index (χ3v) is 3.48. The van der Waals surface area contributed by atoms with E-state index in [1.165, 1.54) is 6.92 Å². The van der Waals surface area contributed by atoms with Gasteiger partial charge in [-0.3, -0.25) is 9.59 Å². The number of aliphatic hydroxyl groups is 1. The Morgan fingerprint density at radius 2 is 1.74 bits per heavy atom. The Hall–Kier alpha value is -2.66. The zero-order valence-electron chi connectivity index (χ0n) is 12.8. The van der Waals surface area contributed by atoms with E-state index in [2.05, 4.69) is 5.32 Å². The maximum absolute atomic E-state index is 11.3. The summed E-state index contributed by atoms with van der Waals surface area (Å²) >= 11 is 0. The van der Waals surface area contributed by atoms with Crippen LogP contribution in [-0.4, -0.2) is 22.1 Å². The van der Waals surface area contributed by atoms with Gasteiger partial charge in [-0.25, -0.2) is 0 Å². The molecule has 1 unspecified atom stereocenters. The number of anilines is 1. The van der Waals surface area contributed by atoms with Crippen LogP contribution in [0.15, 0.2) is 48.5 Å². The molecule has 0 fully saturated rings. The van der Waals surface area contributed by atoms with Crippen LogP contribution in [0.4, 0.5) is 5.69 Å². The Morgan fingerprint density at radius 1 is 1.09 bits per heavy atom. The van der Waals surface area contributed by atoms with Crippen molar-refractivity contribution in [2.45, 2.75) is 25.9 Å². The molecule has 2 aromatic rings. The van der Waals surface area contributed by atoms with E-state index in [0.29, 0.717) is 5.56 Å². The molecular formula is C18H19NO4. The van der Waals surface area contributed by atoms with Crippen LogP contribution in [0.25, 0.3) is 11.1 Å². The second-order valence-electron chi connectivity index (χ2n) is 5.30. The highest BCUT2D eigenvalue weighted by molar-refractivity contribution is 5.94. The Kier molecular flexibility index (Phi) is 5.49. The Bertz CT molecular complexity index is 694. The van der Waals surface area contributed by atoms with E-state index in [4.69, 9.17) is 5.11 Å². The third kappa shape index (κ3) is 4.66. The van der Waals surface area contributed by atoms with Crippen LogP contribution in [0.5, 0.6) is 0 Å². The molecular weight excluding hydrogens is 294 g/mol. The fraction of sp³-hybridized carbons (Fsp3) is 0.222. The lowest BCUT2D eigenvalue weighted by Crippen LogP contribution is -2.06. The maximum atomic E-state index is 11.3. The number of nitrogens with one attached hydrogen (secondary N) is 1. The number of carbonyl (C=O) groups is 2. The van der Waals surface area contributed by atoms with Crippen molar-refractivity contribution in [2.75, 3.05) is 5.32 Å². The van der Waals surface area contributed by atoms with Crippen molar-refractivity contribution in [3.05, 3.63) is 54.1 Å². The van der Waals surface area contributed by atoms with E-state index in [1.807, 2.05) is 36.4 Å². The van der Waals surface area contributed by atoms with E-state index >= 15 is 0 Å². The predicted molar refractivity (Wildman–Crippen MR) is 88.0 cm³/mol. The molecule has 0 heterocycles. The zero-order valence-corrected chi connectivity index (χ0v) is 12.8. The molecule has 0 aliphatic heterocycles. The van der Waals surface area contributed by atoms with Crippen LogP contribution in [0, 0.1) is 0 Å². The highest BCUT2D eigenvalue weighted by atomic mass is 16.4. The summed E-state index contributed by atoms with van der Waals surface area (Å²) in [6.07, 6.45) is -0.698. The lowest BCUT2D eigenvalue weighted by Gasteiger charge is -2.13. The van der Waals surface area contributed by atoms with Gasteiger partial charge in [0.15, 0.2) is 0 Å². The van der Waals surface area contributed by atoms with E-state index in [1.54, 1.807) is 12.1 Å². The summed E-state index contributed by atoms with van der Waals surface area (Å²) in [7, 11) is 0. The minimum atomic E-state index is -0.926. The normalized spacial score (nSPS) is 11.7. The summed E-state index contributed by atoms with van der Waals surface area (Å²) < 4.78 is 0. The van der Waals surface area contributed by atoms with Gasteiger partial charge < -0.3 is 15.5 Å². The molecule has 0 saturated carbocycles. The van der Waals surface area contributed by atoms with Crippen LogP contribution in [0.2, 0.25) is 0 Å². The smallest absolute Gasteiger partial charge is 0.303 e. The second-order valence-corrected chi connectivity index (χ2v) is 5.30. The van der Waals surface area contributed by atoms with Crippen molar-refractivity contribution in [3.63, 3.8) is 0 Å². The summed E-state index contributed by atoms with van der Waals surface area (Å²) in [6.45, 7) is 1.46. The summed E-state index contributed by atoms with van der Waals surface area (Å²) in [6, 6.07) is 14.7. The first kappa shape index (κ1) is 16.7. The molecule has 0 bridgehead atoms. The van der Waals surface area contributed by atoms with Crippen LogP contribution >= 0.6 is 0 Å². The Morgan fingerprint density at radius 3 is 2.35 bits per heavy atom. The van der Waals surface area contributed by atoms with Crippen molar-refractivity contribution < 1.29 is 19.8 Å². The van der Waals surface area contributed by atoms with Crippen molar-refractivity contribution in [1.29, 1.82) is 0 Å². The van der Waals surface area contributed by atoms with Crippen molar-refractivity contribution >= 4 is 17.6 Å². The summed E-state index contributed by atoms with van der Waals surface area (Å²) in [5.74, 6) is -1.07. The molecule has 23 heavy (non-hydrogen) atoms. The van der Waals surface area contributed by atoms with E-state index in [-0.39, 0.29) is 18.7 Å². The minimum absolute atomic E-state index is 0.0751. The number of amides is 1. The molecule has 5 heteroatoms. The molecule has 0 spiro atoms. The van der Waals surface area contributed by atoms with Gasteiger partial charge in [-0.05, 0) is 23.6 Å². The number of rotatable bonds is 6. The van der Waals surface area contributed by atoms with Gasteiger partial charge in [0.25, 0.3) is 0 Å². The summed E-state index contributed by atoms with van der Waals surface area (Å²) in [4.78, 5) is 21.8. The molecule has 1 atom stereocenters. The topological polar surface area (TPSA) is 86.6 Å². The molecule has 0 saturated heterocycles. The molecule has 2 rings (SSSR count). The van der Waals surface area contributed by atoms with Gasteiger partial charge in [-0.15, -0.1) is 0 Å². The van der Waals surface area contributed by atoms with E-state index in [9.17, 15) is 14.7 Å². The third-order valence-electron chi connectivity index (χ3n) is 3.48. The zero-order chi connectivity index (χ0) is 16.8. The number of aliphatic hydroxyl groups excluding tert-OH is 1. The lowest BCUT2D eigenvalue weighted by atomic mass is 9.99. The van der Waals surface area contributed by atoms with Gasteiger partial charge in [0.1, 0.15) is 0 Å². The average molecular weight is 313 g/mol. The molecule has 0 aromatic heterocycles. The van der Waals surface area contributed by atoms with Crippen LogP contribution in [0.3, 0.4) is 0 Å². The fourth-order valence-corrected chi connectivity index (χ4v) is 2.35. The van der Waals surface area contributed by atoms with Crippen LogP contribution in [-0.2, 0) is 9.59 Å². The maximum Gasteiger partial charge on any atom is 0.303 e. The van der Waals surface area contributed by atoms with E-state index < -0.39 is 12.1 Å². The molecule has 5 nitrogen and oxygen atoms in total. The molecule has 0 radical (unpaired) electrons. The van der Waals surface area contributed by atoms with Gasteiger partial charge in [0, 0.05) is 24.6 Å². The standard InChI is InChI=1S/C18H19NO4/c1-12(20)19-16-5-3-2-4-15(16)13-6-8-14(9-7-13)17(21)10-11-18(22)23/h2-9,17,21H,10-11H2,1H3,(H,19,20)(H,22,23). The summed E-state index contributed by atoms with van der Waals surface area (Å²) in [5.41, 5.74) is 3.18. The van der Waals surface area contributed by atoms with Gasteiger partial charge in [-0.2, -0.15) is 0 Å².